The van der Waals surface area contributed by atoms with Gasteiger partial charge in [-0.2, -0.15) is 0 Å². The monoisotopic (exact) mass is 463 g/mol. The number of carbonyl (C=O) groups excluding carboxylic acids is 1. The third-order valence-corrected chi connectivity index (χ3v) is 7.34. The third-order valence-electron chi connectivity index (χ3n) is 6.10. The minimum absolute atomic E-state index is 0.215. The van der Waals surface area contributed by atoms with Crippen molar-refractivity contribution in [2.75, 3.05) is 25.0 Å². The maximum atomic E-state index is 12.1. The van der Waals surface area contributed by atoms with Crippen LogP contribution in [-0.2, 0) is 4.74 Å². The van der Waals surface area contributed by atoms with Gasteiger partial charge in [-0.15, -0.1) is 11.3 Å². The van der Waals surface area contributed by atoms with E-state index in [4.69, 9.17) is 14.7 Å². The number of hydrogen-bond donors (Lipinski definition) is 1. The molecule has 0 spiro atoms. The number of anilines is 1. The summed E-state index contributed by atoms with van der Waals surface area (Å²) in [6, 6.07) is 10.9. The number of ether oxygens (including phenoxy) is 1. The highest BCUT2D eigenvalue weighted by Gasteiger charge is 2.28. The number of piperidine rings is 1. The highest BCUT2D eigenvalue weighted by Crippen LogP contribution is 2.41. The van der Waals surface area contributed by atoms with Gasteiger partial charge in [0.15, 0.2) is 0 Å². The van der Waals surface area contributed by atoms with E-state index in [1.54, 1.807) is 16.2 Å². The van der Waals surface area contributed by atoms with Gasteiger partial charge in [-0.05, 0) is 51.7 Å². The van der Waals surface area contributed by atoms with Gasteiger partial charge in [-0.25, -0.2) is 19.7 Å². The molecule has 7 nitrogen and oxygen atoms in total. The van der Waals surface area contributed by atoms with Crippen molar-refractivity contribution in [1.29, 1.82) is 0 Å². The fourth-order valence-corrected chi connectivity index (χ4v) is 5.39. The van der Waals surface area contributed by atoms with Crippen molar-refractivity contribution in [3.05, 3.63) is 47.1 Å². The Labute approximate surface area is 198 Å². The summed E-state index contributed by atoms with van der Waals surface area (Å²) in [7, 11) is 0. The summed E-state index contributed by atoms with van der Waals surface area (Å²) in [5.41, 5.74) is 4.18. The van der Waals surface area contributed by atoms with Crippen molar-refractivity contribution in [3.63, 3.8) is 0 Å². The Kier molecular flexibility index (Phi) is 6.26. The number of benzene rings is 1. The van der Waals surface area contributed by atoms with Crippen molar-refractivity contribution < 1.29 is 9.53 Å². The minimum atomic E-state index is -0.215. The molecule has 0 unspecified atom stereocenters. The largest absolute Gasteiger partial charge is 0.450 e. The third kappa shape index (κ3) is 5.00. The number of rotatable bonds is 6. The van der Waals surface area contributed by atoms with E-state index in [1.807, 2.05) is 19.2 Å². The molecule has 1 aliphatic carbocycles. The van der Waals surface area contributed by atoms with Crippen LogP contribution in [0.1, 0.15) is 49.1 Å². The van der Waals surface area contributed by atoms with E-state index >= 15 is 0 Å². The van der Waals surface area contributed by atoms with Gasteiger partial charge in [0.05, 0.1) is 27.9 Å². The quantitative estimate of drug-likeness (QED) is 0.521. The van der Waals surface area contributed by atoms with Gasteiger partial charge in [0.2, 0.25) is 5.95 Å². The van der Waals surface area contributed by atoms with Gasteiger partial charge in [0.25, 0.3) is 0 Å². The Balaban J connectivity index is 1.45. The average Bonchev–Trinajstić information content (AvgIpc) is 3.53. The highest BCUT2D eigenvalue weighted by molar-refractivity contribution is 7.15. The van der Waals surface area contributed by atoms with E-state index < -0.39 is 0 Å². The molecule has 2 fully saturated rings. The summed E-state index contributed by atoms with van der Waals surface area (Å²) in [6.07, 6.45) is 5.74. The standard InChI is InChI=1S/C25H29N5O2S/c1-3-32-25(31)30-13-10-17(11-14-30)23-29-21(18-6-4-5-16(2)15-18)22(33-23)20-9-12-26-24(28-20)27-19-7-8-19/h4-6,9,12,15,17,19H,3,7-8,10-11,13-14H2,1-2H3,(H,26,27,28). The van der Waals surface area contributed by atoms with Gasteiger partial charge < -0.3 is 15.0 Å². The maximum absolute atomic E-state index is 12.1. The lowest BCUT2D eigenvalue weighted by atomic mass is 9.98. The molecule has 1 saturated heterocycles. The lowest BCUT2D eigenvalue weighted by Gasteiger charge is -2.30. The van der Waals surface area contributed by atoms with Crippen LogP contribution in [0.25, 0.3) is 21.8 Å². The Morgan fingerprint density at radius 3 is 2.73 bits per heavy atom. The Morgan fingerprint density at radius 2 is 2.00 bits per heavy atom. The molecule has 2 aromatic heterocycles. The fourth-order valence-electron chi connectivity index (χ4n) is 4.16. The number of nitrogens with zero attached hydrogens (tertiary/aromatic N) is 4. The van der Waals surface area contributed by atoms with Crippen molar-refractivity contribution in [3.8, 4) is 21.8 Å². The number of aromatic nitrogens is 3. The number of carbonyl (C=O) groups is 1. The number of likely N-dealkylation sites (tertiary alicyclic amines) is 1. The van der Waals surface area contributed by atoms with E-state index in [2.05, 4.69) is 41.5 Å². The summed E-state index contributed by atoms with van der Waals surface area (Å²) >= 11 is 1.72. The maximum Gasteiger partial charge on any atom is 0.409 e. The molecular weight excluding hydrogens is 434 g/mol. The second-order valence-electron chi connectivity index (χ2n) is 8.74. The van der Waals surface area contributed by atoms with Gasteiger partial charge >= 0.3 is 6.09 Å². The molecule has 1 aliphatic heterocycles. The lowest BCUT2D eigenvalue weighted by Crippen LogP contribution is -2.38. The van der Waals surface area contributed by atoms with Crippen molar-refractivity contribution in [1.82, 2.24) is 19.9 Å². The van der Waals surface area contributed by atoms with Crippen LogP contribution in [0.15, 0.2) is 36.5 Å². The van der Waals surface area contributed by atoms with Crippen molar-refractivity contribution in [2.45, 2.75) is 51.5 Å². The van der Waals surface area contributed by atoms with Crippen LogP contribution in [0.2, 0.25) is 0 Å². The van der Waals surface area contributed by atoms with Gasteiger partial charge in [0, 0.05) is 36.8 Å². The van der Waals surface area contributed by atoms with Gasteiger partial charge in [-0.1, -0.05) is 23.8 Å². The summed E-state index contributed by atoms with van der Waals surface area (Å²) < 4.78 is 5.17. The predicted octanol–water partition coefficient (Wildman–Crippen LogP) is 5.49. The fraction of sp³-hybridized carbons (Fsp3) is 0.440. The second kappa shape index (κ2) is 9.47. The van der Waals surface area contributed by atoms with E-state index in [0.29, 0.717) is 37.6 Å². The zero-order valence-corrected chi connectivity index (χ0v) is 19.9. The van der Waals surface area contributed by atoms with Crippen LogP contribution in [0.5, 0.6) is 0 Å². The molecule has 172 valence electrons. The zero-order chi connectivity index (χ0) is 22.8. The SMILES string of the molecule is CCOC(=O)N1CCC(c2nc(-c3cccc(C)c3)c(-c3ccnc(NC4CC4)n3)s2)CC1. The Morgan fingerprint density at radius 1 is 1.18 bits per heavy atom. The molecule has 1 amide bonds. The van der Waals surface area contributed by atoms with Gasteiger partial charge in [-0.3, -0.25) is 0 Å². The molecular formula is C25H29N5O2S. The van der Waals surface area contributed by atoms with Crippen LogP contribution in [0.4, 0.5) is 10.7 Å². The molecule has 3 aromatic rings. The van der Waals surface area contributed by atoms with Crippen LogP contribution in [0, 0.1) is 6.92 Å². The van der Waals surface area contributed by atoms with E-state index in [1.165, 1.54) is 18.4 Å². The van der Waals surface area contributed by atoms with Crippen LogP contribution in [-0.4, -0.2) is 51.7 Å². The Hall–Kier alpha value is -3.00. The van der Waals surface area contributed by atoms with Crippen molar-refractivity contribution in [2.24, 2.45) is 0 Å². The first-order valence-corrected chi connectivity index (χ1v) is 12.5. The molecule has 33 heavy (non-hydrogen) atoms. The summed E-state index contributed by atoms with van der Waals surface area (Å²) in [5, 5.41) is 4.51. The minimum Gasteiger partial charge on any atom is -0.450 e. The lowest BCUT2D eigenvalue weighted by molar-refractivity contribution is 0.0970. The zero-order valence-electron chi connectivity index (χ0n) is 19.1. The molecule has 0 atom stereocenters. The number of nitrogens with one attached hydrogen (secondary N) is 1. The van der Waals surface area contributed by atoms with E-state index in [-0.39, 0.29) is 6.09 Å². The molecule has 1 saturated carbocycles. The molecule has 0 bridgehead atoms. The van der Waals surface area contributed by atoms with Crippen LogP contribution in [0.3, 0.4) is 0 Å². The Bertz CT molecular complexity index is 1140. The molecule has 8 heteroatoms. The molecule has 3 heterocycles. The normalized spacial score (nSPS) is 16.6. The van der Waals surface area contributed by atoms with Gasteiger partial charge in [0.1, 0.15) is 0 Å². The predicted molar refractivity (Wildman–Crippen MR) is 131 cm³/mol. The van der Waals surface area contributed by atoms with E-state index in [9.17, 15) is 4.79 Å². The van der Waals surface area contributed by atoms with Crippen molar-refractivity contribution >= 4 is 23.4 Å². The van der Waals surface area contributed by atoms with E-state index in [0.717, 1.165) is 39.7 Å². The first kappa shape index (κ1) is 21.8. The smallest absolute Gasteiger partial charge is 0.409 e. The number of hydrogen-bond acceptors (Lipinski definition) is 7. The number of thiazole rings is 1. The molecule has 2 aliphatic rings. The molecule has 1 aromatic carbocycles. The average molecular weight is 464 g/mol. The molecule has 0 radical (unpaired) electrons. The topological polar surface area (TPSA) is 80.2 Å². The molecule has 5 rings (SSSR count). The highest BCUT2D eigenvalue weighted by atomic mass is 32.1. The summed E-state index contributed by atoms with van der Waals surface area (Å²) in [4.78, 5) is 29.3. The first-order valence-electron chi connectivity index (χ1n) is 11.7. The second-order valence-corrected chi connectivity index (χ2v) is 9.77. The van der Waals surface area contributed by atoms with Crippen LogP contribution < -0.4 is 5.32 Å². The number of aryl methyl sites for hydroxylation is 1. The number of amides is 1. The first-order chi connectivity index (χ1) is 16.1. The summed E-state index contributed by atoms with van der Waals surface area (Å²) in [5.74, 6) is 1.01. The summed E-state index contributed by atoms with van der Waals surface area (Å²) in [6.45, 7) is 5.74. The van der Waals surface area contributed by atoms with Crippen LogP contribution >= 0.6 is 11.3 Å². The molecule has 1 N–H and O–H groups in total.